The quantitative estimate of drug-likeness (QED) is 0.488. The molecule has 4 aromatic rings. The maximum atomic E-state index is 11.1. The van der Waals surface area contributed by atoms with Crippen LogP contribution in [0.25, 0.3) is 16.9 Å². The first kappa shape index (κ1) is 17.2. The predicted molar refractivity (Wildman–Crippen MR) is 108 cm³/mol. The number of halogens is 1. The van der Waals surface area contributed by atoms with Crippen molar-refractivity contribution in [2.75, 3.05) is 5.32 Å². The molecule has 0 fully saturated rings. The summed E-state index contributed by atoms with van der Waals surface area (Å²) in [5.74, 6) is -0.178. The second-order valence-corrected chi connectivity index (χ2v) is 6.96. The summed E-state index contributed by atoms with van der Waals surface area (Å²) in [7, 11) is 0. The Morgan fingerprint density at radius 3 is 2.67 bits per heavy atom. The molecule has 0 saturated heterocycles. The zero-order valence-corrected chi connectivity index (χ0v) is 15.9. The fraction of sp³-hybridized carbons (Fsp3) is 0.0500. The van der Waals surface area contributed by atoms with Crippen molar-refractivity contribution in [3.63, 3.8) is 0 Å². The van der Waals surface area contributed by atoms with Crippen molar-refractivity contribution in [3.05, 3.63) is 76.7 Å². The van der Waals surface area contributed by atoms with E-state index in [4.69, 9.17) is 5.11 Å². The molecule has 2 aromatic heterocycles. The molecule has 0 unspecified atom stereocenters. The number of hydrogen-bond acceptors (Lipinski definition) is 4. The van der Waals surface area contributed by atoms with Crippen LogP contribution < -0.4 is 5.32 Å². The number of carboxylic acid groups (broad SMARTS) is 1. The molecule has 4 rings (SSSR count). The number of anilines is 2. The number of fused-ring (bicyclic) bond motifs is 1. The van der Waals surface area contributed by atoms with Crippen LogP contribution in [0.2, 0.25) is 0 Å². The number of hydrogen-bond donors (Lipinski definition) is 2. The number of carbonyl (C=O) groups is 1. The number of carboxylic acids is 1. The SMILES string of the molecule is Cc1ccc(Nc2c(-c3ccc(C(=O)O)cc3)nc3cnccn23)c(Br)c1. The zero-order valence-electron chi connectivity index (χ0n) is 14.3. The van der Waals surface area contributed by atoms with E-state index in [1.807, 2.05) is 35.7 Å². The van der Waals surface area contributed by atoms with Crippen molar-refractivity contribution in [2.45, 2.75) is 6.92 Å². The van der Waals surface area contributed by atoms with Crippen LogP contribution in [0.15, 0.2) is 65.5 Å². The average Bonchev–Trinajstić information content (AvgIpc) is 3.02. The maximum Gasteiger partial charge on any atom is 0.335 e. The van der Waals surface area contributed by atoms with Gasteiger partial charge in [-0.1, -0.05) is 18.2 Å². The first-order valence-corrected chi connectivity index (χ1v) is 9.01. The van der Waals surface area contributed by atoms with E-state index in [9.17, 15) is 4.79 Å². The standard InChI is InChI=1S/C20H15BrN4O2/c1-12-2-7-16(15(21)10-12)23-19-18(24-17-11-22-8-9-25(17)19)13-3-5-14(6-4-13)20(26)27/h2-11,23H,1H3,(H,26,27). The van der Waals surface area contributed by atoms with Crippen LogP contribution in [0.4, 0.5) is 11.5 Å². The van der Waals surface area contributed by atoms with E-state index in [-0.39, 0.29) is 5.56 Å². The van der Waals surface area contributed by atoms with E-state index in [2.05, 4.69) is 31.2 Å². The number of aryl methyl sites for hydroxylation is 1. The van der Waals surface area contributed by atoms with Gasteiger partial charge in [-0.2, -0.15) is 0 Å². The predicted octanol–water partition coefficient (Wildman–Crippen LogP) is 4.91. The third kappa shape index (κ3) is 3.29. The summed E-state index contributed by atoms with van der Waals surface area (Å²) in [5, 5.41) is 12.6. The average molecular weight is 423 g/mol. The van der Waals surface area contributed by atoms with Crippen molar-refractivity contribution in [1.29, 1.82) is 0 Å². The van der Waals surface area contributed by atoms with Gasteiger partial charge < -0.3 is 10.4 Å². The first-order chi connectivity index (χ1) is 13.0. The molecule has 2 N–H and O–H groups in total. The van der Waals surface area contributed by atoms with Gasteiger partial charge >= 0.3 is 5.97 Å². The van der Waals surface area contributed by atoms with Gasteiger partial charge in [-0.3, -0.25) is 9.38 Å². The van der Waals surface area contributed by atoms with E-state index < -0.39 is 5.97 Å². The fourth-order valence-electron chi connectivity index (χ4n) is 2.85. The number of benzene rings is 2. The number of rotatable bonds is 4. The van der Waals surface area contributed by atoms with Gasteiger partial charge in [0.2, 0.25) is 0 Å². The summed E-state index contributed by atoms with van der Waals surface area (Å²) >= 11 is 3.59. The Hall–Kier alpha value is -3.19. The lowest BCUT2D eigenvalue weighted by atomic mass is 10.1. The number of imidazole rings is 1. The molecule has 6 nitrogen and oxygen atoms in total. The molecule has 0 aliphatic carbocycles. The van der Waals surface area contributed by atoms with Crippen molar-refractivity contribution >= 4 is 39.1 Å². The van der Waals surface area contributed by atoms with Gasteiger partial charge in [-0.15, -0.1) is 0 Å². The lowest BCUT2D eigenvalue weighted by Crippen LogP contribution is -1.99. The van der Waals surface area contributed by atoms with Gasteiger partial charge in [0.25, 0.3) is 0 Å². The van der Waals surface area contributed by atoms with Crippen LogP contribution in [0.1, 0.15) is 15.9 Å². The second kappa shape index (κ2) is 6.85. The molecule has 27 heavy (non-hydrogen) atoms. The molecular weight excluding hydrogens is 408 g/mol. The molecule has 0 atom stereocenters. The normalized spacial score (nSPS) is 10.9. The smallest absolute Gasteiger partial charge is 0.335 e. The lowest BCUT2D eigenvalue weighted by molar-refractivity contribution is 0.0697. The van der Waals surface area contributed by atoms with E-state index >= 15 is 0 Å². The van der Waals surface area contributed by atoms with Gasteiger partial charge in [0.15, 0.2) is 5.65 Å². The third-order valence-electron chi connectivity index (χ3n) is 4.21. The Morgan fingerprint density at radius 1 is 1.19 bits per heavy atom. The van der Waals surface area contributed by atoms with Crippen LogP contribution in [0.3, 0.4) is 0 Å². The molecule has 0 radical (unpaired) electrons. The van der Waals surface area contributed by atoms with Crippen LogP contribution in [-0.4, -0.2) is 25.4 Å². The molecule has 0 spiro atoms. The highest BCUT2D eigenvalue weighted by molar-refractivity contribution is 9.10. The van der Waals surface area contributed by atoms with Gasteiger partial charge in [0.05, 0.1) is 17.4 Å². The Kier molecular flexibility index (Phi) is 4.37. The van der Waals surface area contributed by atoms with Crippen molar-refractivity contribution in [3.8, 4) is 11.3 Å². The Labute approximate surface area is 163 Å². The second-order valence-electron chi connectivity index (χ2n) is 6.10. The van der Waals surface area contributed by atoms with Gasteiger partial charge in [0, 0.05) is 22.4 Å². The monoisotopic (exact) mass is 422 g/mol. The van der Waals surface area contributed by atoms with E-state index in [0.29, 0.717) is 11.3 Å². The first-order valence-electron chi connectivity index (χ1n) is 8.22. The van der Waals surface area contributed by atoms with Crippen molar-refractivity contribution in [2.24, 2.45) is 0 Å². The summed E-state index contributed by atoms with van der Waals surface area (Å²) in [6.45, 7) is 2.03. The van der Waals surface area contributed by atoms with Crippen molar-refractivity contribution < 1.29 is 9.90 Å². The summed E-state index contributed by atoms with van der Waals surface area (Å²) < 4.78 is 2.86. The summed E-state index contributed by atoms with van der Waals surface area (Å²) in [4.78, 5) is 19.9. The van der Waals surface area contributed by atoms with Crippen LogP contribution in [0, 0.1) is 6.92 Å². The largest absolute Gasteiger partial charge is 0.478 e. The highest BCUT2D eigenvalue weighted by atomic mass is 79.9. The molecule has 134 valence electrons. The van der Waals surface area contributed by atoms with E-state index in [1.54, 1.807) is 36.7 Å². The summed E-state index contributed by atoms with van der Waals surface area (Å²) in [5.41, 5.74) is 4.52. The Morgan fingerprint density at radius 2 is 1.96 bits per heavy atom. The minimum Gasteiger partial charge on any atom is -0.478 e. The molecule has 0 amide bonds. The van der Waals surface area contributed by atoms with E-state index in [0.717, 1.165) is 27.1 Å². The lowest BCUT2D eigenvalue weighted by Gasteiger charge is -2.11. The number of aromatic carboxylic acids is 1. The zero-order chi connectivity index (χ0) is 19.0. The van der Waals surface area contributed by atoms with Crippen molar-refractivity contribution in [1.82, 2.24) is 14.4 Å². The molecule has 0 saturated carbocycles. The molecular formula is C20H15BrN4O2. The molecule has 2 heterocycles. The summed E-state index contributed by atoms with van der Waals surface area (Å²) in [6, 6.07) is 12.7. The molecule has 0 aliphatic heterocycles. The topological polar surface area (TPSA) is 79.5 Å². The third-order valence-corrected chi connectivity index (χ3v) is 4.87. The Bertz CT molecular complexity index is 1150. The molecule has 7 heteroatoms. The highest BCUT2D eigenvalue weighted by Crippen LogP contribution is 2.33. The van der Waals surface area contributed by atoms with E-state index in [1.165, 1.54) is 0 Å². The fourth-order valence-corrected chi connectivity index (χ4v) is 3.44. The molecule has 0 aliphatic rings. The molecule has 2 aromatic carbocycles. The maximum absolute atomic E-state index is 11.1. The van der Waals surface area contributed by atoms with Crippen LogP contribution in [-0.2, 0) is 0 Å². The number of nitrogens with one attached hydrogen (secondary N) is 1. The van der Waals surface area contributed by atoms with Crippen LogP contribution in [0.5, 0.6) is 0 Å². The van der Waals surface area contributed by atoms with Gasteiger partial charge in [-0.25, -0.2) is 9.78 Å². The minimum absolute atomic E-state index is 0.236. The number of aromatic nitrogens is 3. The number of nitrogens with zero attached hydrogens (tertiary/aromatic N) is 3. The van der Waals surface area contributed by atoms with Gasteiger partial charge in [-0.05, 0) is 52.7 Å². The Balaban J connectivity index is 1.85. The minimum atomic E-state index is -0.956. The summed E-state index contributed by atoms with van der Waals surface area (Å²) in [6.07, 6.45) is 5.22. The molecule has 0 bridgehead atoms. The van der Waals surface area contributed by atoms with Crippen LogP contribution >= 0.6 is 15.9 Å². The van der Waals surface area contributed by atoms with Gasteiger partial charge in [0.1, 0.15) is 11.5 Å². The highest BCUT2D eigenvalue weighted by Gasteiger charge is 2.16.